The van der Waals surface area contributed by atoms with E-state index in [1.165, 1.54) is 6.92 Å². The predicted octanol–water partition coefficient (Wildman–Crippen LogP) is 2.78. The van der Waals surface area contributed by atoms with Crippen molar-refractivity contribution in [1.29, 1.82) is 5.26 Å². The number of anilines is 2. The van der Waals surface area contributed by atoms with E-state index >= 15 is 0 Å². The number of nitrogens with zero attached hydrogens (tertiary/aromatic N) is 2. The molecule has 34 heavy (non-hydrogen) atoms. The quantitative estimate of drug-likeness (QED) is 0.283. The summed E-state index contributed by atoms with van der Waals surface area (Å²) in [6.45, 7) is 1.68. The van der Waals surface area contributed by atoms with Crippen LogP contribution in [0.3, 0.4) is 0 Å². The first-order chi connectivity index (χ1) is 16.2. The lowest BCUT2D eigenvalue weighted by molar-refractivity contribution is 0.100. The molecule has 0 aliphatic carbocycles. The normalized spacial score (nSPS) is 12.6. The van der Waals surface area contributed by atoms with E-state index in [4.69, 9.17) is 21.6 Å². The minimum Gasteiger partial charge on any atom is -0.456 e. The number of primary amides is 1. The molecule has 4 aromatic rings. The summed E-state index contributed by atoms with van der Waals surface area (Å²) in [6, 6.07) is 11.3. The van der Waals surface area contributed by atoms with Crippen LogP contribution in [0, 0.1) is 11.3 Å². The van der Waals surface area contributed by atoms with E-state index in [0.717, 1.165) is 16.7 Å². The molecule has 1 atom stereocenters. The molecule has 176 valence electrons. The number of carbonyl (C=O) groups excluding carboxylic acids is 1. The third-order valence-electron chi connectivity index (χ3n) is 5.47. The van der Waals surface area contributed by atoms with Crippen molar-refractivity contribution in [2.24, 2.45) is 11.5 Å². The summed E-state index contributed by atoms with van der Waals surface area (Å²) in [6.07, 6.45) is 0.111. The number of hydrogen-bond acceptors (Lipinski definition) is 10. The average Bonchev–Trinajstić information content (AvgIpc) is 3.39. The maximum Gasteiger partial charge on any atom is 0.260 e. The van der Waals surface area contributed by atoms with Crippen LogP contribution in [0.4, 0.5) is 11.5 Å². The number of hydrogen-bond donors (Lipinski definition) is 4. The van der Waals surface area contributed by atoms with Gasteiger partial charge in [0, 0.05) is 23.1 Å². The number of amides is 1. The fraction of sp³-hybridized carbons (Fsp3) is 0.227. The number of pyridine rings is 1. The Morgan fingerprint density at radius 2 is 2.09 bits per heavy atom. The maximum absolute atomic E-state index is 12.0. The molecule has 0 aliphatic rings. The average molecular weight is 499 g/mol. The molecule has 0 spiro atoms. The number of carbonyl (C=O) groups is 1. The Morgan fingerprint density at radius 3 is 2.74 bits per heavy atom. The van der Waals surface area contributed by atoms with E-state index < -0.39 is 21.1 Å². The van der Waals surface area contributed by atoms with Crippen LogP contribution in [0.25, 0.3) is 32.5 Å². The van der Waals surface area contributed by atoms with Gasteiger partial charge in [-0.15, -0.1) is 11.3 Å². The molecule has 4 rings (SSSR count). The molecule has 10 nitrogen and oxygen atoms in total. The number of nitriles is 1. The van der Waals surface area contributed by atoms with Gasteiger partial charge >= 0.3 is 0 Å². The van der Waals surface area contributed by atoms with Crippen LogP contribution in [-0.4, -0.2) is 37.0 Å². The van der Waals surface area contributed by atoms with Gasteiger partial charge in [-0.25, -0.2) is 13.4 Å². The fourth-order valence-electron chi connectivity index (χ4n) is 3.65. The first-order valence-corrected chi connectivity index (χ1v) is 12.9. The third-order valence-corrected chi connectivity index (χ3v) is 8.55. The van der Waals surface area contributed by atoms with Gasteiger partial charge in [0.25, 0.3) is 5.91 Å². The van der Waals surface area contributed by atoms with E-state index in [2.05, 4.69) is 16.4 Å². The van der Waals surface area contributed by atoms with Crippen LogP contribution in [0.15, 0.2) is 34.7 Å². The number of aromatic nitrogens is 1. The third kappa shape index (κ3) is 4.05. The summed E-state index contributed by atoms with van der Waals surface area (Å²) in [5, 5.41) is 13.2. The minimum absolute atomic E-state index is 0.0671. The molecule has 1 aromatic carbocycles. The van der Waals surface area contributed by atoms with Crippen molar-refractivity contribution in [2.45, 2.75) is 18.7 Å². The second-order valence-corrected chi connectivity index (χ2v) is 11.1. The minimum atomic E-state index is -3.41. The highest BCUT2D eigenvalue weighted by molar-refractivity contribution is 7.91. The Morgan fingerprint density at radius 1 is 1.35 bits per heavy atom. The number of thiophene rings is 1. The number of benzene rings is 1. The molecule has 12 heteroatoms. The van der Waals surface area contributed by atoms with Crippen molar-refractivity contribution in [3.63, 3.8) is 0 Å². The van der Waals surface area contributed by atoms with Crippen LogP contribution < -0.4 is 22.5 Å². The van der Waals surface area contributed by atoms with E-state index in [-0.39, 0.29) is 40.7 Å². The molecule has 0 fully saturated rings. The zero-order valence-corrected chi connectivity index (χ0v) is 19.8. The van der Waals surface area contributed by atoms with E-state index in [9.17, 15) is 18.5 Å². The second-order valence-electron chi connectivity index (χ2n) is 7.57. The number of rotatable bonds is 8. The first kappa shape index (κ1) is 23.5. The molecule has 3 heterocycles. The van der Waals surface area contributed by atoms with Crippen LogP contribution in [0.2, 0.25) is 0 Å². The molecule has 0 saturated carbocycles. The number of furan rings is 1. The van der Waals surface area contributed by atoms with Crippen molar-refractivity contribution < 1.29 is 17.6 Å². The van der Waals surface area contributed by atoms with E-state index in [1.54, 1.807) is 12.1 Å². The van der Waals surface area contributed by atoms with E-state index in [0.29, 0.717) is 27.1 Å². The first-order valence-electron chi connectivity index (χ1n) is 10.3. The molecule has 1 amide bonds. The molecular formula is C22H22N6O4S2. The molecule has 1 unspecified atom stereocenters. The van der Waals surface area contributed by atoms with Crippen molar-refractivity contribution in [3.05, 3.63) is 40.8 Å². The largest absolute Gasteiger partial charge is 0.456 e. The molecular weight excluding hydrogens is 476 g/mol. The number of nitrogens with two attached hydrogens (primary N) is 3. The van der Waals surface area contributed by atoms with Gasteiger partial charge in [0.1, 0.15) is 43.9 Å². The number of sulfone groups is 1. The van der Waals surface area contributed by atoms with Crippen LogP contribution in [0.1, 0.15) is 28.6 Å². The lowest BCUT2D eigenvalue weighted by Gasteiger charge is -2.14. The van der Waals surface area contributed by atoms with Gasteiger partial charge in [-0.2, -0.15) is 5.26 Å². The van der Waals surface area contributed by atoms with Crippen molar-refractivity contribution in [2.75, 3.05) is 23.3 Å². The predicted molar refractivity (Wildman–Crippen MR) is 133 cm³/mol. The Labute approximate surface area is 199 Å². The highest BCUT2D eigenvalue weighted by atomic mass is 32.2. The standard InChI is InChI=1S/C22H22N6O4S2/c1-2-34(30,31)15(24)7-8-27-21-12(10-23)16(14-9-11-5-3-4-6-13(11)32-14)17-18(25)19(20(26)29)33-22(17)28-21/h3-6,9,15H,2,7-8,24-25H2,1H3,(H2,26,29)(H,27,28). The molecule has 3 aromatic heterocycles. The summed E-state index contributed by atoms with van der Waals surface area (Å²) < 4.78 is 30.0. The van der Waals surface area contributed by atoms with Crippen LogP contribution in [-0.2, 0) is 9.84 Å². The topological polar surface area (TPSA) is 191 Å². The molecule has 0 radical (unpaired) electrons. The summed E-state index contributed by atoms with van der Waals surface area (Å²) in [4.78, 5) is 16.9. The Bertz CT molecular complexity index is 1530. The van der Waals surface area contributed by atoms with Crippen LogP contribution in [0.5, 0.6) is 0 Å². The Balaban J connectivity index is 1.87. The summed E-state index contributed by atoms with van der Waals surface area (Å²) in [5.41, 5.74) is 18.8. The summed E-state index contributed by atoms with van der Waals surface area (Å²) >= 11 is 1.01. The van der Waals surface area contributed by atoms with Crippen LogP contribution >= 0.6 is 11.3 Å². The van der Waals surface area contributed by atoms with Crippen molar-refractivity contribution >= 4 is 59.8 Å². The van der Waals surface area contributed by atoms with Gasteiger partial charge in [0.2, 0.25) is 0 Å². The number of nitrogen functional groups attached to an aromatic ring is 1. The maximum atomic E-state index is 12.0. The van der Waals surface area contributed by atoms with Gasteiger partial charge in [-0.3, -0.25) is 4.79 Å². The van der Waals surface area contributed by atoms with Gasteiger partial charge in [0.05, 0.1) is 11.3 Å². The molecule has 7 N–H and O–H groups in total. The lowest BCUT2D eigenvalue weighted by Crippen LogP contribution is -2.33. The summed E-state index contributed by atoms with van der Waals surface area (Å²) in [7, 11) is -3.41. The highest BCUT2D eigenvalue weighted by Crippen LogP contribution is 2.44. The smallest absolute Gasteiger partial charge is 0.260 e. The Hall–Kier alpha value is -3.66. The zero-order chi connectivity index (χ0) is 24.6. The lowest BCUT2D eigenvalue weighted by atomic mass is 10.0. The van der Waals surface area contributed by atoms with Gasteiger partial charge < -0.3 is 26.9 Å². The second kappa shape index (κ2) is 8.94. The molecule has 0 bridgehead atoms. The monoisotopic (exact) mass is 498 g/mol. The number of nitrogens with one attached hydrogen (secondary N) is 1. The van der Waals surface area contributed by atoms with Crippen molar-refractivity contribution in [1.82, 2.24) is 4.98 Å². The zero-order valence-electron chi connectivity index (χ0n) is 18.2. The van der Waals surface area contributed by atoms with E-state index in [1.807, 2.05) is 18.2 Å². The Kier molecular flexibility index (Phi) is 6.18. The number of para-hydroxylation sites is 1. The van der Waals surface area contributed by atoms with Gasteiger partial charge in [-0.05, 0) is 18.6 Å². The number of fused-ring (bicyclic) bond motifs is 2. The van der Waals surface area contributed by atoms with Gasteiger partial charge in [-0.1, -0.05) is 25.1 Å². The summed E-state index contributed by atoms with van der Waals surface area (Å²) in [5.74, 6) is -0.204. The SMILES string of the molecule is CCS(=O)(=O)C(N)CCNc1nc2sc(C(N)=O)c(N)c2c(-c2cc3ccccc3o2)c1C#N. The van der Waals surface area contributed by atoms with Gasteiger partial charge in [0.15, 0.2) is 9.84 Å². The van der Waals surface area contributed by atoms with Crippen molar-refractivity contribution in [3.8, 4) is 17.4 Å². The fourth-order valence-corrected chi connectivity index (χ4v) is 5.51. The molecule has 0 saturated heterocycles. The highest BCUT2D eigenvalue weighted by Gasteiger charge is 2.26. The molecule has 0 aliphatic heterocycles.